The molecule has 0 radical (unpaired) electrons. The average Bonchev–Trinajstić information content (AvgIpc) is 2.88. The normalized spacial score (nSPS) is 23.5. The maximum atomic E-state index is 11.2. The van der Waals surface area contributed by atoms with Gasteiger partial charge in [-0.05, 0) is 18.8 Å². The van der Waals surface area contributed by atoms with Gasteiger partial charge in [0.1, 0.15) is 6.04 Å². The number of rotatable bonds is 2. The standard InChI is InChI=1S/C9H8N2O2/c10-5-7(6-1-2-6)11-8(12)3-4-9(11)13/h3-4,6-7H,1-2H2. The maximum Gasteiger partial charge on any atom is 0.254 e. The molecule has 0 aromatic rings. The summed E-state index contributed by atoms with van der Waals surface area (Å²) in [6, 6.07) is 1.46. The van der Waals surface area contributed by atoms with Crippen molar-refractivity contribution in [2.24, 2.45) is 5.92 Å². The molecule has 66 valence electrons. The molecule has 0 bridgehead atoms. The van der Waals surface area contributed by atoms with Crippen LogP contribution in [0.2, 0.25) is 0 Å². The summed E-state index contributed by atoms with van der Waals surface area (Å²) in [5.74, 6) is -0.510. The smallest absolute Gasteiger partial charge is 0.254 e. The third-order valence-corrected chi connectivity index (χ3v) is 2.32. The largest absolute Gasteiger partial charge is 0.269 e. The lowest BCUT2D eigenvalue weighted by Gasteiger charge is -2.18. The van der Waals surface area contributed by atoms with Gasteiger partial charge in [-0.25, -0.2) is 0 Å². The molecule has 0 N–H and O–H groups in total. The zero-order chi connectivity index (χ0) is 9.42. The third-order valence-electron chi connectivity index (χ3n) is 2.32. The van der Waals surface area contributed by atoms with Gasteiger partial charge in [-0.2, -0.15) is 5.26 Å². The van der Waals surface area contributed by atoms with Crippen LogP contribution in [0, 0.1) is 17.2 Å². The second-order valence-corrected chi connectivity index (χ2v) is 3.29. The molecule has 1 unspecified atom stereocenters. The molecule has 1 fully saturated rings. The van der Waals surface area contributed by atoms with Gasteiger partial charge in [0.2, 0.25) is 0 Å². The predicted molar refractivity (Wildman–Crippen MR) is 43.1 cm³/mol. The van der Waals surface area contributed by atoms with Crippen molar-refractivity contribution in [2.75, 3.05) is 0 Å². The fraction of sp³-hybridized carbons (Fsp3) is 0.444. The number of hydrogen-bond donors (Lipinski definition) is 0. The van der Waals surface area contributed by atoms with Gasteiger partial charge < -0.3 is 0 Å². The molecule has 1 atom stereocenters. The molecule has 0 spiro atoms. The molecule has 2 amide bonds. The zero-order valence-electron chi connectivity index (χ0n) is 6.93. The number of carbonyl (C=O) groups is 2. The Morgan fingerprint density at radius 2 is 1.92 bits per heavy atom. The quantitative estimate of drug-likeness (QED) is 0.565. The summed E-state index contributed by atoms with van der Waals surface area (Å²) in [7, 11) is 0. The van der Waals surface area contributed by atoms with Crippen molar-refractivity contribution in [3.8, 4) is 6.07 Å². The van der Waals surface area contributed by atoms with Crippen LogP contribution in [0.4, 0.5) is 0 Å². The van der Waals surface area contributed by atoms with Gasteiger partial charge in [0.15, 0.2) is 0 Å². The highest BCUT2D eigenvalue weighted by Gasteiger charge is 2.41. The van der Waals surface area contributed by atoms with Gasteiger partial charge in [0.25, 0.3) is 11.8 Å². The zero-order valence-corrected chi connectivity index (χ0v) is 6.93. The van der Waals surface area contributed by atoms with E-state index in [0.29, 0.717) is 0 Å². The molecule has 4 nitrogen and oxygen atoms in total. The molecule has 2 rings (SSSR count). The first kappa shape index (κ1) is 7.99. The summed E-state index contributed by atoms with van der Waals surface area (Å²) in [6.45, 7) is 0. The summed E-state index contributed by atoms with van der Waals surface area (Å²) < 4.78 is 0. The Morgan fingerprint density at radius 3 is 2.31 bits per heavy atom. The Bertz CT molecular complexity index is 318. The number of nitriles is 1. The minimum atomic E-state index is -0.546. The lowest BCUT2D eigenvalue weighted by molar-refractivity contribution is -0.138. The van der Waals surface area contributed by atoms with Gasteiger partial charge >= 0.3 is 0 Å². The molecule has 1 aliphatic heterocycles. The molecule has 0 aromatic carbocycles. The summed E-state index contributed by atoms with van der Waals surface area (Å²) >= 11 is 0. The molecule has 1 heterocycles. The van der Waals surface area contributed by atoms with Crippen LogP contribution in [-0.2, 0) is 9.59 Å². The van der Waals surface area contributed by atoms with E-state index in [4.69, 9.17) is 5.26 Å². The van der Waals surface area contributed by atoms with E-state index in [1.54, 1.807) is 0 Å². The Balaban J connectivity index is 2.19. The van der Waals surface area contributed by atoms with E-state index in [0.717, 1.165) is 17.7 Å². The van der Waals surface area contributed by atoms with Crippen LogP contribution in [0.3, 0.4) is 0 Å². The van der Waals surface area contributed by atoms with E-state index >= 15 is 0 Å². The predicted octanol–water partition coefficient (Wildman–Crippen LogP) is 0.214. The van der Waals surface area contributed by atoms with Crippen molar-refractivity contribution < 1.29 is 9.59 Å². The molecular formula is C9H8N2O2. The van der Waals surface area contributed by atoms with Crippen LogP contribution in [-0.4, -0.2) is 22.8 Å². The van der Waals surface area contributed by atoms with Crippen LogP contribution in [0.25, 0.3) is 0 Å². The highest BCUT2D eigenvalue weighted by atomic mass is 16.2. The van der Waals surface area contributed by atoms with E-state index in [-0.39, 0.29) is 17.7 Å². The highest BCUT2D eigenvalue weighted by Crippen LogP contribution is 2.35. The molecular weight excluding hydrogens is 168 g/mol. The third kappa shape index (κ3) is 1.22. The maximum absolute atomic E-state index is 11.2. The molecule has 1 aliphatic carbocycles. The average molecular weight is 176 g/mol. The lowest BCUT2D eigenvalue weighted by atomic mass is 10.2. The van der Waals surface area contributed by atoms with Gasteiger partial charge in [-0.3, -0.25) is 14.5 Å². The van der Waals surface area contributed by atoms with Crippen LogP contribution >= 0.6 is 0 Å². The monoisotopic (exact) mass is 176 g/mol. The first-order valence-electron chi connectivity index (χ1n) is 4.19. The minimum absolute atomic E-state index is 0.206. The second-order valence-electron chi connectivity index (χ2n) is 3.29. The first-order valence-corrected chi connectivity index (χ1v) is 4.19. The molecule has 13 heavy (non-hydrogen) atoms. The van der Waals surface area contributed by atoms with Crippen molar-refractivity contribution in [3.05, 3.63) is 12.2 Å². The second kappa shape index (κ2) is 2.70. The number of amides is 2. The number of hydrogen-bond acceptors (Lipinski definition) is 3. The molecule has 0 saturated heterocycles. The van der Waals surface area contributed by atoms with Crippen molar-refractivity contribution in [2.45, 2.75) is 18.9 Å². The lowest BCUT2D eigenvalue weighted by Crippen LogP contribution is -2.40. The van der Waals surface area contributed by atoms with Crippen molar-refractivity contribution in [3.63, 3.8) is 0 Å². The Hall–Kier alpha value is -1.63. The van der Waals surface area contributed by atoms with Crippen molar-refractivity contribution in [1.29, 1.82) is 5.26 Å². The van der Waals surface area contributed by atoms with Crippen molar-refractivity contribution in [1.82, 2.24) is 4.90 Å². The Morgan fingerprint density at radius 1 is 1.38 bits per heavy atom. The highest BCUT2D eigenvalue weighted by molar-refractivity contribution is 6.13. The first-order chi connectivity index (χ1) is 6.24. The van der Waals surface area contributed by atoms with Crippen LogP contribution < -0.4 is 0 Å². The van der Waals surface area contributed by atoms with E-state index in [1.807, 2.05) is 6.07 Å². The van der Waals surface area contributed by atoms with E-state index in [9.17, 15) is 9.59 Å². The van der Waals surface area contributed by atoms with Crippen LogP contribution in [0.5, 0.6) is 0 Å². The molecule has 1 saturated carbocycles. The van der Waals surface area contributed by atoms with Gasteiger partial charge in [0.05, 0.1) is 6.07 Å². The number of imide groups is 1. The van der Waals surface area contributed by atoms with E-state index < -0.39 is 6.04 Å². The molecule has 4 heteroatoms. The summed E-state index contributed by atoms with van der Waals surface area (Å²) in [5, 5.41) is 8.81. The molecule has 2 aliphatic rings. The number of carbonyl (C=O) groups excluding carboxylic acids is 2. The summed E-state index contributed by atoms with van der Waals surface area (Å²) in [5.41, 5.74) is 0. The number of nitrogens with zero attached hydrogens (tertiary/aromatic N) is 2. The topological polar surface area (TPSA) is 61.2 Å². The summed E-state index contributed by atoms with van der Waals surface area (Å²) in [4.78, 5) is 23.4. The summed E-state index contributed by atoms with van der Waals surface area (Å²) in [6.07, 6.45) is 4.31. The SMILES string of the molecule is N#CC(C1CC1)N1C(=O)C=CC1=O. The van der Waals surface area contributed by atoms with E-state index in [2.05, 4.69) is 0 Å². The Labute approximate surface area is 75.4 Å². The van der Waals surface area contributed by atoms with Gasteiger partial charge in [-0.1, -0.05) is 0 Å². The van der Waals surface area contributed by atoms with Crippen LogP contribution in [0.15, 0.2) is 12.2 Å². The molecule has 0 aromatic heterocycles. The fourth-order valence-electron chi connectivity index (χ4n) is 1.47. The van der Waals surface area contributed by atoms with Gasteiger partial charge in [-0.15, -0.1) is 0 Å². The van der Waals surface area contributed by atoms with Crippen LogP contribution in [0.1, 0.15) is 12.8 Å². The minimum Gasteiger partial charge on any atom is -0.269 e. The van der Waals surface area contributed by atoms with E-state index in [1.165, 1.54) is 12.2 Å². The Kier molecular flexibility index (Phi) is 1.66. The fourth-order valence-corrected chi connectivity index (χ4v) is 1.47. The van der Waals surface area contributed by atoms with Crippen molar-refractivity contribution >= 4 is 11.8 Å². The van der Waals surface area contributed by atoms with Gasteiger partial charge in [0, 0.05) is 12.2 Å².